The molecular formula is C26H26N8O4. The van der Waals surface area contributed by atoms with Crippen molar-refractivity contribution >= 4 is 56.4 Å². The van der Waals surface area contributed by atoms with E-state index >= 15 is 0 Å². The maximum atomic E-state index is 13.3. The van der Waals surface area contributed by atoms with Gasteiger partial charge in [-0.3, -0.25) is 14.9 Å². The van der Waals surface area contributed by atoms with E-state index in [9.17, 15) is 19.7 Å². The van der Waals surface area contributed by atoms with Crippen molar-refractivity contribution in [1.29, 1.82) is 0 Å². The Morgan fingerprint density at radius 1 is 1.11 bits per heavy atom. The number of nitro groups is 1. The Bertz CT molecular complexity index is 1660. The van der Waals surface area contributed by atoms with Crippen LogP contribution in [0.25, 0.3) is 33.0 Å². The molecule has 5 rings (SSSR count). The van der Waals surface area contributed by atoms with E-state index in [0.717, 1.165) is 27.5 Å². The van der Waals surface area contributed by atoms with Crippen LogP contribution in [0.5, 0.6) is 0 Å². The van der Waals surface area contributed by atoms with Gasteiger partial charge in [-0.15, -0.1) is 0 Å². The van der Waals surface area contributed by atoms with Gasteiger partial charge in [0.05, 0.1) is 16.7 Å². The van der Waals surface area contributed by atoms with Crippen LogP contribution in [0.1, 0.15) is 17.5 Å². The summed E-state index contributed by atoms with van der Waals surface area (Å²) in [6.45, 7) is 0.880. The summed E-state index contributed by atoms with van der Waals surface area (Å²) < 4.78 is 2.01. The number of nitrogens with two attached hydrogens (primary N) is 1. The molecule has 4 aromatic rings. The minimum absolute atomic E-state index is 0.266. The lowest BCUT2D eigenvalue weighted by Gasteiger charge is -2.15. The lowest BCUT2D eigenvalue weighted by Crippen LogP contribution is -2.33. The molecule has 3 heterocycles. The zero-order valence-corrected chi connectivity index (χ0v) is 20.8. The van der Waals surface area contributed by atoms with Gasteiger partial charge in [0.2, 0.25) is 0 Å². The molecule has 0 spiro atoms. The van der Waals surface area contributed by atoms with Crippen molar-refractivity contribution in [3.8, 4) is 0 Å². The first-order chi connectivity index (χ1) is 18.3. The van der Waals surface area contributed by atoms with E-state index in [4.69, 9.17) is 5.73 Å². The molecule has 1 aliphatic rings. The third kappa shape index (κ3) is 4.32. The molecule has 2 aromatic carbocycles. The zero-order chi connectivity index (χ0) is 27.0. The second-order valence-corrected chi connectivity index (χ2v) is 9.09. The minimum Gasteiger partial charge on any atom is -0.377 e. The first-order valence-corrected chi connectivity index (χ1v) is 11.9. The second-order valence-electron chi connectivity index (χ2n) is 9.09. The number of nitrogens with one attached hydrogen (secondary N) is 3. The number of H-pyrrole nitrogens is 1. The fourth-order valence-corrected chi connectivity index (χ4v) is 4.92. The number of nitrogens with zero attached hydrogens (tertiary/aromatic N) is 4. The summed E-state index contributed by atoms with van der Waals surface area (Å²) in [4.78, 5) is 42.0. The van der Waals surface area contributed by atoms with Crippen LogP contribution in [0.3, 0.4) is 0 Å². The number of guanidine groups is 1. The van der Waals surface area contributed by atoms with Crippen LogP contribution in [0, 0.1) is 10.1 Å². The maximum absolute atomic E-state index is 13.3. The molecule has 0 radical (unpaired) electrons. The Hall–Kier alpha value is -5.13. The van der Waals surface area contributed by atoms with Crippen molar-refractivity contribution in [2.45, 2.75) is 13.0 Å². The largest absolute Gasteiger partial charge is 0.377 e. The Labute approximate surface area is 216 Å². The van der Waals surface area contributed by atoms with Crippen molar-refractivity contribution < 1.29 is 14.6 Å². The fraction of sp³-hybridized carbons (Fsp3) is 0.192. The molecule has 0 atom stereocenters. The van der Waals surface area contributed by atoms with Crippen LogP contribution in [0.15, 0.2) is 60.0 Å². The predicted molar refractivity (Wildman–Crippen MR) is 146 cm³/mol. The molecular weight excluding hydrogens is 488 g/mol. The van der Waals surface area contributed by atoms with Crippen LogP contribution in [0.2, 0.25) is 0 Å². The Morgan fingerprint density at radius 2 is 1.84 bits per heavy atom. The number of aromatic nitrogens is 2. The van der Waals surface area contributed by atoms with Crippen LogP contribution >= 0.6 is 0 Å². The Morgan fingerprint density at radius 3 is 2.58 bits per heavy atom. The van der Waals surface area contributed by atoms with Gasteiger partial charge in [0, 0.05) is 72.7 Å². The topological polar surface area (TPSA) is 164 Å². The van der Waals surface area contributed by atoms with Crippen LogP contribution in [0.4, 0.5) is 5.69 Å². The molecule has 12 nitrogen and oxygen atoms in total. The number of imide groups is 1. The van der Waals surface area contributed by atoms with Crippen LogP contribution in [-0.4, -0.2) is 53.0 Å². The summed E-state index contributed by atoms with van der Waals surface area (Å²) >= 11 is 0. The highest BCUT2D eigenvalue weighted by molar-refractivity contribution is 6.51. The molecule has 0 saturated carbocycles. The molecule has 194 valence electrons. The van der Waals surface area contributed by atoms with E-state index in [0.29, 0.717) is 41.8 Å². The van der Waals surface area contributed by atoms with Gasteiger partial charge in [-0.1, -0.05) is 24.3 Å². The van der Waals surface area contributed by atoms with Crippen LogP contribution < -0.4 is 21.3 Å². The highest BCUT2D eigenvalue weighted by atomic mass is 16.7. The Balaban J connectivity index is 1.63. The number of amides is 2. The van der Waals surface area contributed by atoms with Gasteiger partial charge >= 0.3 is 0 Å². The molecule has 38 heavy (non-hydrogen) atoms. The number of anilines is 1. The Kier molecular flexibility index (Phi) is 6.29. The predicted octanol–water partition coefficient (Wildman–Crippen LogP) is 2.24. The number of aryl methyl sites for hydroxylation is 1. The van der Waals surface area contributed by atoms with E-state index in [1.807, 2.05) is 72.2 Å². The van der Waals surface area contributed by atoms with Gasteiger partial charge in [-0.2, -0.15) is 0 Å². The van der Waals surface area contributed by atoms with Gasteiger partial charge < -0.3 is 25.5 Å². The molecule has 2 aromatic heterocycles. The molecule has 0 aliphatic carbocycles. The number of para-hydroxylation sites is 1. The van der Waals surface area contributed by atoms with Gasteiger partial charge in [0.1, 0.15) is 5.10 Å². The monoisotopic (exact) mass is 514 g/mol. The third-order valence-corrected chi connectivity index (χ3v) is 6.50. The lowest BCUT2D eigenvalue weighted by atomic mass is 9.95. The maximum Gasteiger partial charge on any atom is 0.266 e. The third-order valence-electron chi connectivity index (χ3n) is 6.50. The number of hydrogen-bond donors (Lipinski definition) is 4. The number of benzene rings is 2. The number of carbonyl (C=O) groups excluding carboxylic acids is 2. The van der Waals surface area contributed by atoms with Crippen molar-refractivity contribution in [2.24, 2.45) is 10.8 Å². The number of fused-ring (bicyclic) bond motifs is 2. The molecule has 1 aliphatic heterocycles. The van der Waals surface area contributed by atoms with E-state index in [2.05, 4.69) is 20.7 Å². The fourth-order valence-electron chi connectivity index (χ4n) is 4.92. The first-order valence-electron chi connectivity index (χ1n) is 11.9. The summed E-state index contributed by atoms with van der Waals surface area (Å²) in [7, 11) is 3.85. The van der Waals surface area contributed by atoms with Gasteiger partial charge in [-0.05, 0) is 24.6 Å². The number of hydrogen-bond acceptors (Lipinski definition) is 5. The molecule has 2 amide bonds. The summed E-state index contributed by atoms with van der Waals surface area (Å²) in [6, 6.07) is 13.5. The van der Waals surface area contributed by atoms with Crippen molar-refractivity contribution in [3.63, 3.8) is 0 Å². The molecule has 0 saturated heterocycles. The first kappa shape index (κ1) is 24.6. The summed E-state index contributed by atoms with van der Waals surface area (Å²) in [5, 5.41) is 19.6. The molecule has 12 heteroatoms. The summed E-state index contributed by atoms with van der Waals surface area (Å²) in [5.74, 6) is -1.16. The quantitative estimate of drug-likeness (QED) is 0.0699. The lowest BCUT2D eigenvalue weighted by molar-refractivity contribution is -0.485. The zero-order valence-electron chi connectivity index (χ0n) is 20.8. The summed E-state index contributed by atoms with van der Waals surface area (Å²) in [6.07, 6.45) is 4.21. The molecule has 0 bridgehead atoms. The van der Waals surface area contributed by atoms with Crippen LogP contribution in [-0.2, 0) is 16.1 Å². The van der Waals surface area contributed by atoms with Gasteiger partial charge in [0.15, 0.2) is 5.03 Å². The van der Waals surface area contributed by atoms with Gasteiger partial charge in [0.25, 0.3) is 17.8 Å². The highest BCUT2D eigenvalue weighted by Gasteiger charge is 2.35. The standard InChI is InChI=1S/C26H26N8O4/c1-32(2)19-9-5-10-20-21(19)17(14-33(20)12-6-11-28-26(27)31-34(37)38)23-22(24(35)30-25(23)36)16-13-29-18-8-4-3-7-15(16)18/h3-5,7-10,13-14,29H,6,11-12H2,1-2H3,(H3,27,28,31)(H,30,35,36). The second kappa shape index (κ2) is 9.73. The average molecular weight is 515 g/mol. The minimum atomic E-state index is -0.857. The average Bonchev–Trinajstić information content (AvgIpc) is 3.53. The normalized spacial score (nSPS) is 14.0. The van der Waals surface area contributed by atoms with Crippen molar-refractivity contribution in [3.05, 3.63) is 76.1 Å². The molecule has 5 N–H and O–H groups in total. The number of rotatable bonds is 8. The smallest absolute Gasteiger partial charge is 0.266 e. The molecule has 0 unspecified atom stereocenters. The van der Waals surface area contributed by atoms with Crippen molar-refractivity contribution in [2.75, 3.05) is 25.5 Å². The summed E-state index contributed by atoms with van der Waals surface area (Å²) in [5.41, 5.74) is 10.1. The van der Waals surface area contributed by atoms with E-state index in [-0.39, 0.29) is 5.96 Å². The van der Waals surface area contributed by atoms with E-state index < -0.39 is 16.8 Å². The molecule has 0 fully saturated rings. The number of carbonyl (C=O) groups is 2. The van der Waals surface area contributed by atoms with E-state index in [1.165, 1.54) is 0 Å². The highest BCUT2D eigenvalue weighted by Crippen LogP contribution is 2.41. The SMILES string of the molecule is CN(C)c1cccc2c1c(C1=C(c3c[nH]c4ccccc34)C(=O)NC1=O)cn2CCCNC(N)=N[N+](=O)[O-]. The number of hydrazone groups is 1. The number of aromatic amines is 1. The van der Waals surface area contributed by atoms with E-state index in [1.54, 1.807) is 6.20 Å². The van der Waals surface area contributed by atoms with Gasteiger partial charge in [-0.25, -0.2) is 10.1 Å². The van der Waals surface area contributed by atoms with Crippen molar-refractivity contribution in [1.82, 2.24) is 20.2 Å².